The van der Waals surface area contributed by atoms with Gasteiger partial charge in [-0.2, -0.15) is 12.6 Å². The number of nitrogens with two attached hydrogens (primary N) is 1. The van der Waals surface area contributed by atoms with E-state index in [2.05, 4.69) is 17.9 Å². The summed E-state index contributed by atoms with van der Waals surface area (Å²) in [6.07, 6.45) is 2.10. The Kier molecular flexibility index (Phi) is 3.40. The molecule has 0 spiro atoms. The second-order valence-corrected chi connectivity index (χ2v) is 3.78. The Bertz CT molecular complexity index is 166. The second-order valence-electron chi connectivity index (χ2n) is 3.47. The summed E-state index contributed by atoms with van der Waals surface area (Å²) >= 11 is 3.87. The van der Waals surface area contributed by atoms with Crippen molar-refractivity contribution in [3.05, 3.63) is 0 Å². The average Bonchev–Trinajstić information content (AvgIpc) is 2.05. The minimum Gasteiger partial charge on any atom is -0.453 e. The number of hydrogen-bond acceptors (Lipinski definition) is 3. The van der Waals surface area contributed by atoms with Crippen LogP contribution in [-0.4, -0.2) is 30.4 Å². The Morgan fingerprint density at radius 3 is 3.00 bits per heavy atom. The molecule has 0 bridgehead atoms. The van der Waals surface area contributed by atoms with Crippen molar-refractivity contribution < 1.29 is 14.8 Å². The van der Waals surface area contributed by atoms with Crippen molar-refractivity contribution in [1.82, 2.24) is 0 Å². The van der Waals surface area contributed by atoms with Gasteiger partial charge in [0.15, 0.2) is 5.60 Å². The van der Waals surface area contributed by atoms with Crippen molar-refractivity contribution in [2.45, 2.75) is 25.4 Å². The molecule has 0 amide bonds. The number of ether oxygens (including phenoxy) is 1. The van der Waals surface area contributed by atoms with Gasteiger partial charge in [0.1, 0.15) is 6.54 Å². The number of carbonyl (C=O) groups excluding carboxylic acids is 1. The van der Waals surface area contributed by atoms with Crippen molar-refractivity contribution in [3.63, 3.8) is 0 Å². The smallest absolute Gasteiger partial charge is 0.316 e. The average molecular weight is 190 g/mol. The van der Waals surface area contributed by atoms with E-state index >= 15 is 0 Å². The summed E-state index contributed by atoms with van der Waals surface area (Å²) in [6.45, 7) is 4.02. The van der Waals surface area contributed by atoms with Gasteiger partial charge in [-0.15, -0.1) is 0 Å². The van der Waals surface area contributed by atoms with Crippen molar-refractivity contribution >= 4 is 18.6 Å². The number of piperidine rings is 1. The summed E-state index contributed by atoms with van der Waals surface area (Å²) in [4.78, 5) is 11.0. The van der Waals surface area contributed by atoms with Crippen LogP contribution < -0.4 is 5.32 Å². The number of carbonyl (C=O) groups is 1. The summed E-state index contributed by atoms with van der Waals surface area (Å²) in [5.41, 5.74) is -0.252. The molecule has 4 heteroatoms. The number of esters is 1. The lowest BCUT2D eigenvalue weighted by Gasteiger charge is -2.30. The summed E-state index contributed by atoms with van der Waals surface area (Å²) in [5.74, 6) is -0.0357. The van der Waals surface area contributed by atoms with Gasteiger partial charge in [0.05, 0.1) is 12.3 Å². The lowest BCUT2D eigenvalue weighted by molar-refractivity contribution is -0.675. The Hall–Kier alpha value is -0.220. The van der Waals surface area contributed by atoms with E-state index in [9.17, 15) is 4.79 Å². The van der Waals surface area contributed by atoms with E-state index in [0.29, 0.717) is 0 Å². The molecular weight excluding hydrogens is 174 g/mol. The van der Waals surface area contributed by atoms with Gasteiger partial charge in [0.25, 0.3) is 0 Å². The van der Waals surface area contributed by atoms with Crippen LogP contribution in [0.5, 0.6) is 0 Å². The van der Waals surface area contributed by atoms with Crippen LogP contribution in [-0.2, 0) is 9.53 Å². The molecule has 0 aromatic heterocycles. The van der Waals surface area contributed by atoms with Crippen LogP contribution in [0.4, 0.5) is 0 Å². The van der Waals surface area contributed by atoms with E-state index in [1.54, 1.807) is 0 Å². The zero-order valence-electron chi connectivity index (χ0n) is 7.38. The fourth-order valence-corrected chi connectivity index (χ4v) is 1.59. The number of hydrogen-bond donors (Lipinski definition) is 2. The first-order valence-corrected chi connectivity index (χ1v) is 4.94. The minimum absolute atomic E-state index is 0.176. The van der Waals surface area contributed by atoms with E-state index in [1.807, 2.05) is 6.92 Å². The Labute approximate surface area is 78.3 Å². The monoisotopic (exact) mass is 190 g/mol. The lowest BCUT2D eigenvalue weighted by Crippen LogP contribution is -2.90. The molecule has 1 fully saturated rings. The zero-order chi connectivity index (χ0) is 9.03. The van der Waals surface area contributed by atoms with Crippen LogP contribution in [0.1, 0.15) is 19.8 Å². The van der Waals surface area contributed by atoms with E-state index in [4.69, 9.17) is 4.74 Å². The number of quaternary nitrogens is 1. The molecule has 1 atom stereocenters. The predicted molar refractivity (Wildman–Crippen MR) is 49.2 cm³/mol. The molecule has 0 saturated carbocycles. The third-order valence-corrected chi connectivity index (χ3v) is 2.44. The van der Waals surface area contributed by atoms with Crippen molar-refractivity contribution in [3.8, 4) is 0 Å². The molecule has 0 aliphatic carbocycles. The maximum Gasteiger partial charge on any atom is 0.316 e. The van der Waals surface area contributed by atoms with E-state index < -0.39 is 0 Å². The van der Waals surface area contributed by atoms with Gasteiger partial charge in [-0.25, -0.2) is 0 Å². The first-order chi connectivity index (χ1) is 5.66. The highest BCUT2D eigenvalue weighted by molar-refractivity contribution is 7.81. The first-order valence-electron chi connectivity index (χ1n) is 4.31. The molecule has 0 aromatic carbocycles. The SMILES string of the molecule is CC1(OC(=O)CS)CCC[NH2+]C1. The molecule has 3 nitrogen and oxygen atoms in total. The summed E-state index contributed by atoms with van der Waals surface area (Å²) in [7, 11) is 0. The number of thiol groups is 1. The molecule has 1 unspecified atom stereocenters. The van der Waals surface area contributed by atoms with Gasteiger partial charge in [0, 0.05) is 6.42 Å². The third kappa shape index (κ3) is 2.68. The zero-order valence-corrected chi connectivity index (χ0v) is 8.27. The second kappa shape index (κ2) is 4.14. The Balaban J connectivity index is 2.41. The van der Waals surface area contributed by atoms with Gasteiger partial charge in [-0.05, 0) is 13.3 Å². The van der Waals surface area contributed by atoms with Crippen LogP contribution in [0.25, 0.3) is 0 Å². The topological polar surface area (TPSA) is 42.9 Å². The highest BCUT2D eigenvalue weighted by Gasteiger charge is 2.32. The fraction of sp³-hybridized carbons (Fsp3) is 0.875. The standard InChI is InChI=1S/C8H15NO2S/c1-8(11-7(10)5-12)3-2-4-9-6-8/h9,12H,2-6H2,1H3/p+1. The summed E-state index contributed by atoms with van der Waals surface area (Å²) < 4.78 is 5.28. The lowest BCUT2D eigenvalue weighted by atomic mass is 9.96. The maximum absolute atomic E-state index is 11.0. The van der Waals surface area contributed by atoms with Crippen molar-refractivity contribution in [1.29, 1.82) is 0 Å². The molecule has 2 N–H and O–H groups in total. The van der Waals surface area contributed by atoms with Crippen LogP contribution >= 0.6 is 12.6 Å². The molecule has 1 heterocycles. The number of rotatable bonds is 2. The predicted octanol–water partition coefficient (Wildman–Crippen LogP) is -0.425. The molecule has 1 rings (SSSR count). The fourth-order valence-electron chi connectivity index (χ4n) is 1.53. The molecule has 12 heavy (non-hydrogen) atoms. The summed E-state index contributed by atoms with van der Waals surface area (Å²) in [5, 5.41) is 2.19. The third-order valence-electron chi connectivity index (χ3n) is 2.18. The van der Waals surface area contributed by atoms with Crippen LogP contribution in [0.15, 0.2) is 0 Å². The van der Waals surface area contributed by atoms with Crippen LogP contribution in [0, 0.1) is 0 Å². The van der Waals surface area contributed by atoms with Gasteiger partial charge in [-0.1, -0.05) is 0 Å². The van der Waals surface area contributed by atoms with Gasteiger partial charge >= 0.3 is 5.97 Å². The normalized spacial score (nSPS) is 29.8. The quantitative estimate of drug-likeness (QED) is 0.458. The minimum atomic E-state index is -0.252. The largest absolute Gasteiger partial charge is 0.453 e. The van der Waals surface area contributed by atoms with Gasteiger partial charge < -0.3 is 10.1 Å². The van der Waals surface area contributed by atoms with Gasteiger partial charge in [-0.3, -0.25) is 4.79 Å². The van der Waals surface area contributed by atoms with Crippen molar-refractivity contribution in [2.75, 3.05) is 18.8 Å². The molecule has 0 aromatic rings. The molecule has 1 aliphatic heterocycles. The summed E-state index contributed by atoms with van der Waals surface area (Å²) in [6, 6.07) is 0. The highest BCUT2D eigenvalue weighted by atomic mass is 32.1. The maximum atomic E-state index is 11.0. The Morgan fingerprint density at radius 1 is 1.75 bits per heavy atom. The van der Waals surface area contributed by atoms with Crippen molar-refractivity contribution in [2.24, 2.45) is 0 Å². The van der Waals surface area contributed by atoms with Crippen LogP contribution in [0.3, 0.4) is 0 Å². The van der Waals surface area contributed by atoms with E-state index in [-0.39, 0.29) is 17.3 Å². The first kappa shape index (κ1) is 9.86. The Morgan fingerprint density at radius 2 is 2.50 bits per heavy atom. The van der Waals surface area contributed by atoms with Gasteiger partial charge in [0.2, 0.25) is 0 Å². The highest BCUT2D eigenvalue weighted by Crippen LogP contribution is 2.17. The van der Waals surface area contributed by atoms with E-state index in [0.717, 1.165) is 25.9 Å². The molecule has 0 radical (unpaired) electrons. The molecular formula is C8H16NO2S+. The van der Waals surface area contributed by atoms with Crippen LogP contribution in [0.2, 0.25) is 0 Å². The van der Waals surface area contributed by atoms with E-state index in [1.165, 1.54) is 0 Å². The molecule has 1 saturated heterocycles. The molecule has 1 aliphatic rings. The molecule has 70 valence electrons.